The molecule has 0 atom stereocenters. The average molecular weight is 352 g/mol. The fourth-order valence-corrected chi connectivity index (χ4v) is 2.58. The van der Waals surface area contributed by atoms with Gasteiger partial charge >= 0.3 is 11.4 Å². The summed E-state index contributed by atoms with van der Waals surface area (Å²) in [5.74, 6) is -0.506. The van der Waals surface area contributed by atoms with E-state index in [1.807, 2.05) is 43.3 Å². The van der Waals surface area contributed by atoms with Crippen LogP contribution >= 0.6 is 0 Å². The first-order valence-electron chi connectivity index (χ1n) is 7.72. The van der Waals surface area contributed by atoms with Crippen LogP contribution in [0.3, 0.4) is 0 Å². The summed E-state index contributed by atoms with van der Waals surface area (Å²) in [7, 11) is 3.84. The number of aromatic nitrogens is 2. The second kappa shape index (κ2) is 6.67. The SMILES string of the molecule is CN(C)c1ccc(-c2cc(-c3cccc([N+](=O)[O-])c3O)[nH]c(=O)n2)cc1. The number of rotatable bonds is 4. The summed E-state index contributed by atoms with van der Waals surface area (Å²) in [6, 6.07) is 13.1. The van der Waals surface area contributed by atoms with Crippen molar-refractivity contribution in [3.63, 3.8) is 0 Å². The summed E-state index contributed by atoms with van der Waals surface area (Å²) in [6.07, 6.45) is 0. The van der Waals surface area contributed by atoms with Crippen LogP contribution in [-0.2, 0) is 0 Å². The highest BCUT2D eigenvalue weighted by atomic mass is 16.6. The molecule has 1 heterocycles. The van der Waals surface area contributed by atoms with Gasteiger partial charge in [-0.05, 0) is 24.3 Å². The summed E-state index contributed by atoms with van der Waals surface area (Å²) in [5, 5.41) is 21.2. The van der Waals surface area contributed by atoms with Gasteiger partial charge in [-0.15, -0.1) is 0 Å². The predicted octanol–water partition coefficient (Wildman–Crippen LogP) is 2.78. The highest BCUT2D eigenvalue weighted by Crippen LogP contribution is 2.36. The lowest BCUT2D eigenvalue weighted by Crippen LogP contribution is -2.12. The molecule has 1 aromatic heterocycles. The minimum absolute atomic E-state index is 0.157. The number of anilines is 1. The maximum atomic E-state index is 12.0. The smallest absolute Gasteiger partial charge is 0.345 e. The van der Waals surface area contributed by atoms with E-state index in [2.05, 4.69) is 9.97 Å². The van der Waals surface area contributed by atoms with Gasteiger partial charge in [0.2, 0.25) is 5.75 Å². The van der Waals surface area contributed by atoms with Gasteiger partial charge in [-0.2, -0.15) is 4.98 Å². The van der Waals surface area contributed by atoms with Gasteiger partial charge in [0.15, 0.2) is 0 Å². The van der Waals surface area contributed by atoms with Crippen molar-refractivity contribution in [3.05, 3.63) is 69.1 Å². The number of H-pyrrole nitrogens is 1. The molecule has 0 fully saturated rings. The molecular weight excluding hydrogens is 336 g/mol. The maximum absolute atomic E-state index is 12.0. The number of phenolic OH excluding ortho intramolecular Hbond substituents is 1. The number of benzene rings is 2. The lowest BCUT2D eigenvalue weighted by atomic mass is 10.1. The molecule has 0 aliphatic carbocycles. The van der Waals surface area contributed by atoms with Crippen LogP contribution in [-0.4, -0.2) is 34.1 Å². The van der Waals surface area contributed by atoms with Gasteiger partial charge < -0.3 is 15.0 Å². The summed E-state index contributed by atoms with van der Waals surface area (Å²) < 4.78 is 0. The van der Waals surface area contributed by atoms with Gasteiger partial charge in [0.1, 0.15) is 0 Å². The Hall–Kier alpha value is -3.68. The van der Waals surface area contributed by atoms with Crippen LogP contribution in [0.5, 0.6) is 5.75 Å². The molecule has 8 heteroatoms. The summed E-state index contributed by atoms with van der Waals surface area (Å²) in [6.45, 7) is 0. The van der Waals surface area contributed by atoms with E-state index in [1.54, 1.807) is 6.07 Å². The quantitative estimate of drug-likeness (QED) is 0.551. The number of hydrogen-bond donors (Lipinski definition) is 2. The monoisotopic (exact) mass is 352 g/mol. The zero-order valence-electron chi connectivity index (χ0n) is 14.1. The largest absolute Gasteiger partial charge is 0.502 e. The van der Waals surface area contributed by atoms with E-state index >= 15 is 0 Å². The van der Waals surface area contributed by atoms with Crippen LogP contribution in [0.4, 0.5) is 11.4 Å². The van der Waals surface area contributed by atoms with Crippen LogP contribution in [0.15, 0.2) is 53.3 Å². The third-order valence-electron chi connectivity index (χ3n) is 3.93. The molecule has 2 N–H and O–H groups in total. The number of para-hydroxylation sites is 1. The van der Waals surface area contributed by atoms with Crippen LogP contribution in [0.25, 0.3) is 22.5 Å². The van der Waals surface area contributed by atoms with Crippen LogP contribution in [0.2, 0.25) is 0 Å². The van der Waals surface area contributed by atoms with Crippen molar-refractivity contribution < 1.29 is 10.0 Å². The molecule has 0 saturated heterocycles. The fraction of sp³-hybridized carbons (Fsp3) is 0.111. The Morgan fingerprint density at radius 2 is 1.85 bits per heavy atom. The van der Waals surface area contributed by atoms with E-state index in [9.17, 15) is 20.0 Å². The van der Waals surface area contributed by atoms with E-state index < -0.39 is 22.0 Å². The second-order valence-corrected chi connectivity index (χ2v) is 5.86. The lowest BCUT2D eigenvalue weighted by molar-refractivity contribution is -0.385. The number of nitro groups is 1. The minimum Gasteiger partial charge on any atom is -0.502 e. The van der Waals surface area contributed by atoms with E-state index in [1.165, 1.54) is 18.2 Å². The van der Waals surface area contributed by atoms with Crippen molar-refractivity contribution in [1.82, 2.24) is 9.97 Å². The molecule has 0 unspecified atom stereocenters. The first-order valence-corrected chi connectivity index (χ1v) is 7.72. The number of nitrogens with one attached hydrogen (secondary N) is 1. The Bertz CT molecular complexity index is 1030. The van der Waals surface area contributed by atoms with Gasteiger partial charge in [0.05, 0.1) is 16.3 Å². The normalized spacial score (nSPS) is 10.5. The van der Waals surface area contributed by atoms with Gasteiger partial charge in [-0.3, -0.25) is 10.1 Å². The Kier molecular flexibility index (Phi) is 4.40. The van der Waals surface area contributed by atoms with Crippen molar-refractivity contribution in [2.45, 2.75) is 0 Å². The van der Waals surface area contributed by atoms with E-state index in [4.69, 9.17) is 0 Å². The van der Waals surface area contributed by atoms with Crippen molar-refractivity contribution in [2.24, 2.45) is 0 Å². The first kappa shape index (κ1) is 17.2. The van der Waals surface area contributed by atoms with E-state index in [0.29, 0.717) is 11.3 Å². The Morgan fingerprint density at radius 1 is 1.15 bits per heavy atom. The maximum Gasteiger partial charge on any atom is 0.345 e. The van der Waals surface area contributed by atoms with Gasteiger partial charge in [0, 0.05) is 37.0 Å². The van der Waals surface area contributed by atoms with E-state index in [-0.39, 0.29) is 11.3 Å². The standard InChI is InChI=1S/C18H16N4O4/c1-21(2)12-8-6-11(7-9-12)14-10-15(20-18(24)19-14)13-4-3-5-16(17(13)23)22(25)26/h3-10,23H,1-2H3,(H,19,20,24). The molecule has 2 aromatic carbocycles. The Morgan fingerprint density at radius 3 is 2.46 bits per heavy atom. The summed E-state index contributed by atoms with van der Waals surface area (Å²) >= 11 is 0. The lowest BCUT2D eigenvalue weighted by Gasteiger charge is -2.12. The zero-order chi connectivity index (χ0) is 18.8. The average Bonchev–Trinajstić information content (AvgIpc) is 2.61. The molecule has 8 nitrogen and oxygen atoms in total. The summed E-state index contributed by atoms with van der Waals surface area (Å²) in [5.41, 5.74) is 1.47. The number of nitrogens with zero attached hydrogens (tertiary/aromatic N) is 3. The molecule has 3 aromatic rings. The second-order valence-electron chi connectivity index (χ2n) is 5.86. The third kappa shape index (κ3) is 3.25. The van der Waals surface area contributed by atoms with Gasteiger partial charge in [-0.25, -0.2) is 4.79 Å². The van der Waals surface area contributed by atoms with Crippen LogP contribution in [0, 0.1) is 10.1 Å². The molecule has 0 amide bonds. The number of aromatic hydroxyl groups is 1. The fourth-order valence-electron chi connectivity index (χ4n) is 2.58. The summed E-state index contributed by atoms with van der Waals surface area (Å²) in [4.78, 5) is 30.7. The van der Waals surface area contributed by atoms with E-state index in [0.717, 1.165) is 5.69 Å². The van der Waals surface area contributed by atoms with Gasteiger partial charge in [0.25, 0.3) is 0 Å². The minimum atomic E-state index is -0.682. The third-order valence-corrected chi connectivity index (χ3v) is 3.93. The topological polar surface area (TPSA) is 112 Å². The first-order chi connectivity index (χ1) is 12.4. The van der Waals surface area contributed by atoms with Crippen molar-refractivity contribution in [3.8, 4) is 28.3 Å². The molecule has 3 rings (SSSR count). The van der Waals surface area contributed by atoms with Crippen LogP contribution < -0.4 is 10.6 Å². The predicted molar refractivity (Wildman–Crippen MR) is 98.4 cm³/mol. The molecule has 0 bridgehead atoms. The molecular formula is C18H16N4O4. The molecule has 0 aliphatic rings. The van der Waals surface area contributed by atoms with Crippen molar-refractivity contribution >= 4 is 11.4 Å². The van der Waals surface area contributed by atoms with Crippen LogP contribution in [0.1, 0.15) is 0 Å². The number of nitro benzene ring substituents is 1. The zero-order valence-corrected chi connectivity index (χ0v) is 14.1. The molecule has 132 valence electrons. The van der Waals surface area contributed by atoms with Crippen molar-refractivity contribution in [2.75, 3.05) is 19.0 Å². The van der Waals surface area contributed by atoms with Gasteiger partial charge in [-0.1, -0.05) is 18.2 Å². The molecule has 0 saturated carbocycles. The Labute approximate surface area is 148 Å². The molecule has 0 aliphatic heterocycles. The molecule has 0 spiro atoms. The number of aromatic amines is 1. The molecule has 0 radical (unpaired) electrons. The highest BCUT2D eigenvalue weighted by molar-refractivity contribution is 5.75. The number of hydrogen-bond acceptors (Lipinski definition) is 6. The highest BCUT2D eigenvalue weighted by Gasteiger charge is 2.18. The Balaban J connectivity index is 2.11. The number of phenols is 1. The van der Waals surface area contributed by atoms with Crippen molar-refractivity contribution in [1.29, 1.82) is 0 Å². The molecule has 26 heavy (non-hydrogen) atoms.